The number of rotatable bonds is 6. The highest BCUT2D eigenvalue weighted by molar-refractivity contribution is 7.85. The van der Waals surface area contributed by atoms with E-state index >= 15 is 0 Å². The number of benzene rings is 1. The van der Waals surface area contributed by atoms with Crippen LogP contribution in [0.1, 0.15) is 38.7 Å². The summed E-state index contributed by atoms with van der Waals surface area (Å²) in [6, 6.07) is 2.54. The van der Waals surface area contributed by atoms with Gasteiger partial charge in [0, 0.05) is 24.6 Å². The lowest BCUT2D eigenvalue weighted by molar-refractivity contribution is -0.117. The summed E-state index contributed by atoms with van der Waals surface area (Å²) in [7, 11) is 0. The van der Waals surface area contributed by atoms with Gasteiger partial charge in [-0.1, -0.05) is 19.9 Å². The van der Waals surface area contributed by atoms with Crippen LogP contribution in [0.4, 0.5) is 18.9 Å². The van der Waals surface area contributed by atoms with Crippen LogP contribution in [0.3, 0.4) is 0 Å². The molecule has 0 radical (unpaired) electrons. The molecule has 1 fully saturated rings. The minimum absolute atomic E-state index is 0.135. The van der Waals surface area contributed by atoms with Crippen molar-refractivity contribution < 1.29 is 27.3 Å². The summed E-state index contributed by atoms with van der Waals surface area (Å²) < 4.78 is 54.4. The molecule has 0 aromatic heterocycles. The standard InChI is InChI=1S/C16H18F3N3O3S.C2H6/c17-13(18)3-1-2-10-6-9(7-20-10)11-4-5-12(23)16(15(11)19)22-8-14(24)21-26(22)25;1-2/h4-6,10,13,20,23H,1-3,7-8H2,(H,21,24);1-2H3/t10-,26?;/m0./s1. The van der Waals surface area contributed by atoms with Gasteiger partial charge >= 0.3 is 0 Å². The van der Waals surface area contributed by atoms with E-state index in [4.69, 9.17) is 0 Å². The van der Waals surface area contributed by atoms with E-state index in [1.165, 1.54) is 12.1 Å². The van der Waals surface area contributed by atoms with Crippen molar-refractivity contribution in [2.45, 2.75) is 45.6 Å². The third-order valence-electron chi connectivity index (χ3n) is 4.27. The number of aromatic hydroxyl groups is 1. The number of halogens is 3. The molecule has 156 valence electrons. The molecule has 10 heteroatoms. The first-order chi connectivity index (χ1) is 13.4. The Morgan fingerprint density at radius 1 is 1.36 bits per heavy atom. The van der Waals surface area contributed by atoms with Gasteiger partial charge in [0.25, 0.3) is 5.91 Å². The maximum Gasteiger partial charge on any atom is 0.253 e. The van der Waals surface area contributed by atoms with E-state index in [1.807, 2.05) is 13.8 Å². The van der Waals surface area contributed by atoms with Crippen LogP contribution in [0.25, 0.3) is 5.57 Å². The fourth-order valence-electron chi connectivity index (χ4n) is 3.04. The lowest BCUT2D eigenvalue weighted by atomic mass is 10.0. The molecule has 2 aliphatic rings. The van der Waals surface area contributed by atoms with Crippen LogP contribution in [0, 0.1) is 5.82 Å². The molecule has 3 rings (SSSR count). The molecule has 0 bridgehead atoms. The molecule has 1 aromatic carbocycles. The third kappa shape index (κ3) is 5.05. The average molecular weight is 419 g/mol. The number of nitrogens with one attached hydrogen (secondary N) is 2. The van der Waals surface area contributed by atoms with Crippen molar-refractivity contribution in [3.05, 3.63) is 29.6 Å². The van der Waals surface area contributed by atoms with Crippen LogP contribution >= 0.6 is 0 Å². The van der Waals surface area contributed by atoms with Crippen molar-refractivity contribution in [3.8, 4) is 5.75 Å². The Balaban J connectivity index is 0.00000136. The Morgan fingerprint density at radius 3 is 2.68 bits per heavy atom. The van der Waals surface area contributed by atoms with Crippen LogP contribution < -0.4 is 14.3 Å². The van der Waals surface area contributed by atoms with Crippen LogP contribution in [0.5, 0.6) is 5.75 Å². The molecule has 0 saturated carbocycles. The molecule has 1 aromatic rings. The zero-order valence-electron chi connectivity index (χ0n) is 15.7. The molecule has 2 heterocycles. The summed E-state index contributed by atoms with van der Waals surface area (Å²) in [4.78, 5) is 11.4. The van der Waals surface area contributed by atoms with Crippen molar-refractivity contribution in [1.29, 1.82) is 0 Å². The summed E-state index contributed by atoms with van der Waals surface area (Å²) in [5.41, 5.74) is 0.523. The largest absolute Gasteiger partial charge is 0.506 e. The molecule has 28 heavy (non-hydrogen) atoms. The number of phenols is 1. The molecule has 1 saturated heterocycles. The van der Waals surface area contributed by atoms with Gasteiger partial charge in [-0.2, -0.15) is 0 Å². The quantitative estimate of drug-likeness (QED) is 0.662. The number of phenolic OH excluding ortho intramolecular Hbond substituents is 1. The minimum atomic E-state index is -2.34. The molecular weight excluding hydrogens is 395 g/mol. The van der Waals surface area contributed by atoms with Gasteiger partial charge in [-0.3, -0.25) is 13.8 Å². The van der Waals surface area contributed by atoms with Crippen molar-refractivity contribution in [1.82, 2.24) is 10.0 Å². The summed E-state index contributed by atoms with van der Waals surface area (Å²) in [6.07, 6.45) is 0.114. The smallest absolute Gasteiger partial charge is 0.253 e. The number of carbonyl (C=O) groups excluding carboxylic acids is 1. The molecule has 1 amide bonds. The van der Waals surface area contributed by atoms with E-state index in [0.29, 0.717) is 25.0 Å². The summed E-state index contributed by atoms with van der Waals surface area (Å²) in [6.45, 7) is 4.02. The predicted molar refractivity (Wildman–Crippen MR) is 103 cm³/mol. The lowest BCUT2D eigenvalue weighted by Gasteiger charge is -2.18. The molecule has 1 unspecified atom stereocenters. The first-order valence-electron chi connectivity index (χ1n) is 9.09. The molecule has 2 aliphatic heterocycles. The number of anilines is 1. The van der Waals surface area contributed by atoms with Crippen LogP contribution in [-0.4, -0.2) is 40.8 Å². The predicted octanol–water partition coefficient (Wildman–Crippen LogP) is 2.86. The number of nitrogens with zero attached hydrogens (tertiary/aromatic N) is 1. The highest BCUT2D eigenvalue weighted by Crippen LogP contribution is 2.37. The van der Waals surface area contributed by atoms with E-state index in [2.05, 4.69) is 10.0 Å². The molecule has 3 N–H and O–H groups in total. The Bertz CT molecular complexity index is 774. The van der Waals surface area contributed by atoms with Gasteiger partial charge < -0.3 is 10.4 Å². The monoisotopic (exact) mass is 419 g/mol. The van der Waals surface area contributed by atoms with Gasteiger partial charge in [-0.05, 0) is 30.5 Å². The maximum atomic E-state index is 15.0. The van der Waals surface area contributed by atoms with Crippen molar-refractivity contribution in [2.24, 2.45) is 0 Å². The SMILES string of the molecule is CC.O=C1CN(c2c(O)ccc(C3=C[C@H](CCCC(F)F)NC3)c2F)S(=O)N1. The second kappa shape index (κ2) is 9.92. The highest BCUT2D eigenvalue weighted by atomic mass is 32.2. The fraction of sp³-hybridized carbons (Fsp3) is 0.500. The summed E-state index contributed by atoms with van der Waals surface area (Å²) in [5, 5.41) is 13.1. The first kappa shape index (κ1) is 22.2. The Morgan fingerprint density at radius 2 is 2.07 bits per heavy atom. The number of hydrogen-bond acceptors (Lipinski definition) is 4. The number of alkyl halides is 2. The van der Waals surface area contributed by atoms with Gasteiger partial charge in [0.15, 0.2) is 5.82 Å². The highest BCUT2D eigenvalue weighted by Gasteiger charge is 2.33. The van der Waals surface area contributed by atoms with E-state index < -0.39 is 35.1 Å². The van der Waals surface area contributed by atoms with Crippen molar-refractivity contribution in [3.63, 3.8) is 0 Å². The number of hydrogen-bond donors (Lipinski definition) is 3. The van der Waals surface area contributed by atoms with E-state index in [0.717, 1.165) is 4.31 Å². The van der Waals surface area contributed by atoms with E-state index in [9.17, 15) is 27.3 Å². The van der Waals surface area contributed by atoms with Gasteiger partial charge in [-0.15, -0.1) is 0 Å². The first-order valence-corrected chi connectivity index (χ1v) is 10.2. The fourth-order valence-corrected chi connectivity index (χ4v) is 3.98. The zero-order valence-corrected chi connectivity index (χ0v) is 16.5. The molecule has 6 nitrogen and oxygen atoms in total. The van der Waals surface area contributed by atoms with Crippen LogP contribution in [-0.2, 0) is 16.0 Å². The second-order valence-electron chi connectivity index (χ2n) is 6.11. The maximum absolute atomic E-state index is 15.0. The molecule has 0 aliphatic carbocycles. The second-order valence-corrected chi connectivity index (χ2v) is 7.25. The minimum Gasteiger partial charge on any atom is -0.506 e. The topological polar surface area (TPSA) is 81.7 Å². The zero-order chi connectivity index (χ0) is 20.8. The number of carbonyl (C=O) groups is 1. The van der Waals surface area contributed by atoms with Gasteiger partial charge in [0.05, 0.1) is 0 Å². The lowest BCUT2D eigenvalue weighted by Crippen LogP contribution is -2.24. The van der Waals surface area contributed by atoms with Crippen molar-refractivity contribution >= 4 is 28.3 Å². The van der Waals surface area contributed by atoms with Gasteiger partial charge in [0.1, 0.15) is 18.0 Å². The summed E-state index contributed by atoms with van der Waals surface area (Å²) >= 11 is -1.96. The Labute approximate surface area is 164 Å². The molecular formula is C18H24F3N3O3S. The molecule has 2 atom stereocenters. The average Bonchev–Trinajstić information content (AvgIpc) is 3.23. The van der Waals surface area contributed by atoms with Crippen molar-refractivity contribution in [2.75, 3.05) is 17.4 Å². The van der Waals surface area contributed by atoms with Crippen LogP contribution in [0.15, 0.2) is 18.2 Å². The van der Waals surface area contributed by atoms with Gasteiger partial charge in [-0.25, -0.2) is 17.4 Å². The third-order valence-corrected chi connectivity index (χ3v) is 5.39. The van der Waals surface area contributed by atoms with E-state index in [-0.39, 0.29) is 30.3 Å². The molecule has 0 spiro atoms. The van der Waals surface area contributed by atoms with E-state index in [1.54, 1.807) is 6.08 Å². The Kier molecular flexibility index (Phi) is 7.88. The Hall–Kier alpha value is -2.07. The number of amides is 1. The van der Waals surface area contributed by atoms with Gasteiger partial charge in [0.2, 0.25) is 17.6 Å². The van der Waals surface area contributed by atoms with Crippen LogP contribution in [0.2, 0.25) is 0 Å². The summed E-state index contributed by atoms with van der Waals surface area (Å²) in [5.74, 6) is -1.74. The normalized spacial score (nSPS) is 21.4.